The number of benzene rings is 1. The normalized spacial score (nSPS) is 17.4. The molecule has 0 spiro atoms. The maximum Gasteiger partial charge on any atom is 0.0313 e. The Balaban J connectivity index is 0.000000151. The average Bonchev–Trinajstić information content (AvgIpc) is 2.48. The third-order valence-electron chi connectivity index (χ3n) is 2.44. The molecule has 1 aliphatic rings. The summed E-state index contributed by atoms with van der Waals surface area (Å²) in [5, 5.41) is 1.92. The molecule has 0 bridgehead atoms. The van der Waals surface area contributed by atoms with Gasteiger partial charge in [-0.25, -0.2) is 5.01 Å². The van der Waals surface area contributed by atoms with Crippen LogP contribution >= 0.6 is 0 Å². The molecule has 1 aromatic carbocycles. The van der Waals surface area contributed by atoms with Gasteiger partial charge in [-0.2, -0.15) is 0 Å². The minimum Gasteiger partial charge on any atom is -0.399 e. The SMILES string of the molecule is NN1CCCCCC1.Nc1ccccc1. The lowest BCUT2D eigenvalue weighted by Crippen LogP contribution is -2.31. The van der Waals surface area contributed by atoms with E-state index in [0.717, 1.165) is 18.8 Å². The van der Waals surface area contributed by atoms with Crippen molar-refractivity contribution in [3.8, 4) is 0 Å². The molecular formula is C12H21N3. The highest BCUT2D eigenvalue weighted by atomic mass is 15.4. The van der Waals surface area contributed by atoms with Crippen LogP contribution in [0.3, 0.4) is 0 Å². The predicted molar refractivity (Wildman–Crippen MR) is 65.1 cm³/mol. The van der Waals surface area contributed by atoms with E-state index in [4.69, 9.17) is 11.6 Å². The van der Waals surface area contributed by atoms with Gasteiger partial charge in [-0.3, -0.25) is 5.84 Å². The minimum absolute atomic E-state index is 0.822. The molecule has 0 aromatic heterocycles. The van der Waals surface area contributed by atoms with Crippen LogP contribution in [-0.4, -0.2) is 18.1 Å². The quantitative estimate of drug-likeness (QED) is 0.505. The Bertz CT molecular complexity index is 240. The van der Waals surface area contributed by atoms with Crippen molar-refractivity contribution in [2.75, 3.05) is 18.8 Å². The van der Waals surface area contributed by atoms with Gasteiger partial charge in [-0.05, 0) is 25.0 Å². The fraction of sp³-hybridized carbons (Fsp3) is 0.500. The lowest BCUT2D eigenvalue weighted by atomic mass is 10.2. The number of hydrazine groups is 1. The second-order valence-corrected chi connectivity index (χ2v) is 3.86. The van der Waals surface area contributed by atoms with Crippen molar-refractivity contribution in [3.05, 3.63) is 30.3 Å². The summed E-state index contributed by atoms with van der Waals surface area (Å²) >= 11 is 0. The summed E-state index contributed by atoms with van der Waals surface area (Å²) in [7, 11) is 0. The van der Waals surface area contributed by atoms with E-state index in [0.29, 0.717) is 0 Å². The van der Waals surface area contributed by atoms with Crippen molar-refractivity contribution in [1.29, 1.82) is 0 Å². The van der Waals surface area contributed by atoms with E-state index in [-0.39, 0.29) is 0 Å². The van der Waals surface area contributed by atoms with Crippen LogP contribution in [-0.2, 0) is 0 Å². The first-order chi connectivity index (χ1) is 7.29. The fourth-order valence-corrected chi connectivity index (χ4v) is 1.55. The predicted octanol–water partition coefficient (Wildman–Crippen LogP) is 2.00. The van der Waals surface area contributed by atoms with Crippen LogP contribution in [0.4, 0.5) is 5.69 Å². The number of hydrogen-bond donors (Lipinski definition) is 2. The molecule has 1 aliphatic heterocycles. The maximum absolute atomic E-state index is 5.57. The molecule has 3 heteroatoms. The highest BCUT2D eigenvalue weighted by molar-refractivity contribution is 5.35. The smallest absolute Gasteiger partial charge is 0.0313 e. The first-order valence-corrected chi connectivity index (χ1v) is 5.59. The number of nitrogen functional groups attached to an aromatic ring is 1. The molecule has 1 aromatic rings. The van der Waals surface area contributed by atoms with E-state index in [1.165, 1.54) is 25.7 Å². The van der Waals surface area contributed by atoms with Gasteiger partial charge < -0.3 is 5.73 Å². The summed E-state index contributed by atoms with van der Waals surface area (Å²) in [4.78, 5) is 0. The molecular weight excluding hydrogens is 186 g/mol. The number of para-hydroxylation sites is 1. The molecule has 0 atom stereocenters. The third kappa shape index (κ3) is 6.10. The number of nitrogens with zero attached hydrogens (tertiary/aromatic N) is 1. The van der Waals surface area contributed by atoms with Crippen LogP contribution in [0, 0.1) is 0 Å². The molecule has 84 valence electrons. The summed E-state index contributed by atoms with van der Waals surface area (Å²) < 4.78 is 0. The first-order valence-electron chi connectivity index (χ1n) is 5.59. The van der Waals surface area contributed by atoms with Gasteiger partial charge in [0.1, 0.15) is 0 Å². The number of anilines is 1. The molecule has 0 unspecified atom stereocenters. The highest BCUT2D eigenvalue weighted by Gasteiger charge is 2.02. The number of rotatable bonds is 0. The lowest BCUT2D eigenvalue weighted by molar-refractivity contribution is 0.296. The molecule has 1 fully saturated rings. The zero-order valence-electron chi connectivity index (χ0n) is 9.23. The molecule has 4 N–H and O–H groups in total. The minimum atomic E-state index is 0.822. The number of nitrogens with two attached hydrogens (primary N) is 2. The largest absolute Gasteiger partial charge is 0.399 e. The molecule has 3 nitrogen and oxygen atoms in total. The van der Waals surface area contributed by atoms with Gasteiger partial charge in [-0.1, -0.05) is 31.0 Å². The Hall–Kier alpha value is -1.06. The van der Waals surface area contributed by atoms with Crippen molar-refractivity contribution in [1.82, 2.24) is 5.01 Å². The van der Waals surface area contributed by atoms with E-state index >= 15 is 0 Å². The average molecular weight is 207 g/mol. The summed E-state index contributed by atoms with van der Waals surface area (Å²) in [5.41, 5.74) is 6.18. The summed E-state index contributed by atoms with van der Waals surface area (Å²) in [6.07, 6.45) is 5.31. The van der Waals surface area contributed by atoms with Crippen molar-refractivity contribution in [3.63, 3.8) is 0 Å². The summed E-state index contributed by atoms with van der Waals surface area (Å²) in [6, 6.07) is 9.49. The highest BCUT2D eigenvalue weighted by Crippen LogP contribution is 2.05. The number of hydrogen-bond acceptors (Lipinski definition) is 3. The van der Waals surface area contributed by atoms with Gasteiger partial charge in [0.2, 0.25) is 0 Å². The van der Waals surface area contributed by atoms with Crippen LogP contribution < -0.4 is 11.6 Å². The molecule has 15 heavy (non-hydrogen) atoms. The Kier molecular flexibility index (Phi) is 5.81. The van der Waals surface area contributed by atoms with Gasteiger partial charge in [0.05, 0.1) is 0 Å². The fourth-order valence-electron chi connectivity index (χ4n) is 1.55. The van der Waals surface area contributed by atoms with Crippen molar-refractivity contribution in [2.45, 2.75) is 25.7 Å². The molecule has 0 aliphatic carbocycles. The van der Waals surface area contributed by atoms with E-state index in [1.54, 1.807) is 0 Å². The summed E-state index contributed by atoms with van der Waals surface area (Å²) in [6.45, 7) is 2.19. The van der Waals surface area contributed by atoms with Crippen molar-refractivity contribution < 1.29 is 0 Å². The molecule has 0 saturated carbocycles. The van der Waals surface area contributed by atoms with Crippen LogP contribution in [0.2, 0.25) is 0 Å². The second kappa shape index (κ2) is 7.26. The molecule has 1 saturated heterocycles. The maximum atomic E-state index is 5.57. The van der Waals surface area contributed by atoms with Crippen LogP contribution in [0.15, 0.2) is 30.3 Å². The lowest BCUT2D eigenvalue weighted by Gasteiger charge is -2.10. The van der Waals surface area contributed by atoms with Gasteiger partial charge in [0.15, 0.2) is 0 Å². The molecule has 2 rings (SSSR count). The zero-order chi connectivity index (χ0) is 10.9. The zero-order valence-corrected chi connectivity index (χ0v) is 9.23. The van der Waals surface area contributed by atoms with Crippen LogP contribution in [0.5, 0.6) is 0 Å². The van der Waals surface area contributed by atoms with Gasteiger partial charge >= 0.3 is 0 Å². The molecule has 0 amide bonds. The van der Waals surface area contributed by atoms with E-state index in [1.807, 2.05) is 35.3 Å². The van der Waals surface area contributed by atoms with E-state index in [9.17, 15) is 0 Å². The summed E-state index contributed by atoms with van der Waals surface area (Å²) in [5.74, 6) is 5.57. The van der Waals surface area contributed by atoms with Gasteiger partial charge in [0.25, 0.3) is 0 Å². The monoisotopic (exact) mass is 207 g/mol. The second-order valence-electron chi connectivity index (χ2n) is 3.86. The van der Waals surface area contributed by atoms with Crippen molar-refractivity contribution >= 4 is 5.69 Å². The molecule has 0 radical (unpaired) electrons. The first kappa shape index (κ1) is 12.0. The standard InChI is InChI=1S/C6H14N2.C6H7N/c7-8-5-3-1-2-4-6-8;7-6-4-2-1-3-5-6/h1-7H2;1-5H,7H2. The van der Waals surface area contributed by atoms with Crippen LogP contribution in [0.1, 0.15) is 25.7 Å². The van der Waals surface area contributed by atoms with Crippen molar-refractivity contribution in [2.24, 2.45) is 5.84 Å². The third-order valence-corrected chi connectivity index (χ3v) is 2.44. The van der Waals surface area contributed by atoms with Gasteiger partial charge in [-0.15, -0.1) is 0 Å². The topological polar surface area (TPSA) is 55.3 Å². The Morgan fingerprint density at radius 1 is 0.867 bits per heavy atom. The van der Waals surface area contributed by atoms with Gasteiger partial charge in [0, 0.05) is 18.8 Å². The van der Waals surface area contributed by atoms with Crippen LogP contribution in [0.25, 0.3) is 0 Å². The Morgan fingerprint density at radius 2 is 1.40 bits per heavy atom. The Labute approximate surface area is 92.0 Å². The van der Waals surface area contributed by atoms with E-state index in [2.05, 4.69) is 0 Å². The van der Waals surface area contributed by atoms with E-state index < -0.39 is 0 Å². The Morgan fingerprint density at radius 3 is 1.80 bits per heavy atom. The molecule has 1 heterocycles.